The van der Waals surface area contributed by atoms with E-state index >= 15 is 0 Å². The molecule has 6 nitrogen and oxygen atoms in total. The molecule has 0 aliphatic heterocycles. The van der Waals surface area contributed by atoms with Crippen LogP contribution in [0.25, 0.3) is 0 Å². The molecule has 0 aliphatic rings. The van der Waals surface area contributed by atoms with E-state index in [1.54, 1.807) is 13.0 Å². The molecule has 20 heavy (non-hydrogen) atoms. The summed E-state index contributed by atoms with van der Waals surface area (Å²) in [4.78, 5) is 14.8. The van der Waals surface area contributed by atoms with E-state index in [2.05, 4.69) is 10.3 Å². The van der Waals surface area contributed by atoms with Crippen molar-refractivity contribution in [2.75, 3.05) is 12.4 Å². The molecule has 2 rings (SSSR count). The molecule has 104 valence electrons. The molecule has 0 radical (unpaired) electrons. The monoisotopic (exact) mass is 273 g/mol. The lowest BCUT2D eigenvalue weighted by molar-refractivity contribution is -0.384. The minimum Gasteiger partial charge on any atom is -0.481 e. The summed E-state index contributed by atoms with van der Waals surface area (Å²) in [7, 11) is 1.48. The third kappa shape index (κ3) is 3.03. The van der Waals surface area contributed by atoms with E-state index in [4.69, 9.17) is 4.74 Å². The summed E-state index contributed by atoms with van der Waals surface area (Å²) in [5.41, 5.74) is 1.50. The lowest BCUT2D eigenvalue weighted by Gasteiger charge is -2.09. The zero-order chi connectivity index (χ0) is 14.5. The number of hydrogen-bond acceptors (Lipinski definition) is 5. The lowest BCUT2D eigenvalue weighted by Crippen LogP contribution is -2.07. The topological polar surface area (TPSA) is 77.3 Å². The number of ether oxygens (including phenoxy) is 1. The van der Waals surface area contributed by atoms with Crippen LogP contribution in [0, 0.1) is 17.0 Å². The van der Waals surface area contributed by atoms with Crippen LogP contribution in [0.5, 0.6) is 5.88 Å². The molecule has 0 aliphatic carbocycles. The van der Waals surface area contributed by atoms with Crippen LogP contribution in [0.4, 0.5) is 11.5 Å². The Hall–Kier alpha value is -2.63. The van der Waals surface area contributed by atoms with Crippen molar-refractivity contribution < 1.29 is 9.66 Å². The van der Waals surface area contributed by atoms with Gasteiger partial charge in [0.2, 0.25) is 11.7 Å². The van der Waals surface area contributed by atoms with Crippen LogP contribution >= 0.6 is 0 Å². The molecule has 1 aromatic carbocycles. The fraction of sp³-hybridized carbons (Fsp3) is 0.214. The van der Waals surface area contributed by atoms with Gasteiger partial charge >= 0.3 is 5.69 Å². The number of aromatic nitrogens is 1. The number of nitrogens with zero attached hydrogens (tertiary/aromatic N) is 2. The molecule has 1 aromatic heterocycles. The van der Waals surface area contributed by atoms with Crippen LogP contribution < -0.4 is 10.1 Å². The Kier molecular flexibility index (Phi) is 4.14. The number of anilines is 1. The van der Waals surface area contributed by atoms with Gasteiger partial charge in [-0.15, -0.1) is 0 Å². The predicted molar refractivity (Wildman–Crippen MR) is 75.9 cm³/mol. The molecule has 0 saturated carbocycles. The van der Waals surface area contributed by atoms with Gasteiger partial charge in [-0.25, -0.2) is 0 Å². The van der Waals surface area contributed by atoms with Gasteiger partial charge in [-0.2, -0.15) is 4.98 Å². The van der Waals surface area contributed by atoms with Crippen LogP contribution in [-0.4, -0.2) is 17.0 Å². The van der Waals surface area contributed by atoms with Gasteiger partial charge in [-0.1, -0.05) is 30.3 Å². The Labute approximate surface area is 116 Å². The predicted octanol–water partition coefficient (Wildman–Crippen LogP) is 2.92. The van der Waals surface area contributed by atoms with Crippen molar-refractivity contribution in [1.82, 2.24) is 4.98 Å². The first kappa shape index (κ1) is 13.8. The highest BCUT2D eigenvalue weighted by atomic mass is 16.6. The van der Waals surface area contributed by atoms with E-state index in [-0.39, 0.29) is 11.5 Å². The Balaban J connectivity index is 2.29. The molecule has 0 spiro atoms. The fourth-order valence-corrected chi connectivity index (χ4v) is 1.88. The number of methoxy groups -OCH3 is 1. The molecule has 0 fully saturated rings. The van der Waals surface area contributed by atoms with Gasteiger partial charge in [0.25, 0.3) is 0 Å². The van der Waals surface area contributed by atoms with Crippen molar-refractivity contribution in [2.45, 2.75) is 13.5 Å². The van der Waals surface area contributed by atoms with Gasteiger partial charge in [-0.3, -0.25) is 10.1 Å². The zero-order valence-electron chi connectivity index (χ0n) is 11.3. The average Bonchev–Trinajstić information content (AvgIpc) is 2.45. The summed E-state index contributed by atoms with van der Waals surface area (Å²) in [5, 5.41) is 14.1. The summed E-state index contributed by atoms with van der Waals surface area (Å²) < 4.78 is 5.05. The van der Waals surface area contributed by atoms with Gasteiger partial charge < -0.3 is 10.1 Å². The van der Waals surface area contributed by atoms with Gasteiger partial charge in [0.05, 0.1) is 12.0 Å². The summed E-state index contributed by atoms with van der Waals surface area (Å²) >= 11 is 0. The molecule has 6 heteroatoms. The zero-order valence-corrected chi connectivity index (χ0v) is 11.3. The molecule has 2 aromatic rings. The molecule has 1 heterocycles. The Morgan fingerprint density at radius 2 is 2.05 bits per heavy atom. The van der Waals surface area contributed by atoms with Crippen molar-refractivity contribution in [2.24, 2.45) is 0 Å². The van der Waals surface area contributed by atoms with E-state index in [0.29, 0.717) is 18.0 Å². The third-order valence-electron chi connectivity index (χ3n) is 2.85. The second-order valence-electron chi connectivity index (χ2n) is 4.27. The second-order valence-corrected chi connectivity index (χ2v) is 4.27. The quantitative estimate of drug-likeness (QED) is 0.669. The highest BCUT2D eigenvalue weighted by Crippen LogP contribution is 2.29. The van der Waals surface area contributed by atoms with E-state index in [1.807, 2.05) is 30.3 Å². The smallest absolute Gasteiger partial charge is 0.314 e. The van der Waals surface area contributed by atoms with Crippen LogP contribution in [0.15, 0.2) is 36.4 Å². The van der Waals surface area contributed by atoms with Gasteiger partial charge in [0.15, 0.2) is 0 Å². The first-order chi connectivity index (χ1) is 9.61. The number of hydrogen-bond donors (Lipinski definition) is 1. The van der Waals surface area contributed by atoms with E-state index in [9.17, 15) is 10.1 Å². The number of benzene rings is 1. The van der Waals surface area contributed by atoms with Crippen LogP contribution in [0.1, 0.15) is 11.1 Å². The second kappa shape index (κ2) is 6.01. The van der Waals surface area contributed by atoms with Crippen molar-refractivity contribution in [3.63, 3.8) is 0 Å². The number of nitrogens with one attached hydrogen (secondary N) is 1. The number of pyridine rings is 1. The number of aryl methyl sites for hydroxylation is 1. The molecule has 0 amide bonds. The molecule has 1 N–H and O–H groups in total. The molecule has 0 unspecified atom stereocenters. The van der Waals surface area contributed by atoms with E-state index in [0.717, 1.165) is 5.56 Å². The average molecular weight is 273 g/mol. The summed E-state index contributed by atoms with van der Waals surface area (Å²) in [5.74, 6) is 0.569. The maximum absolute atomic E-state index is 11.1. The molecule has 0 atom stereocenters. The first-order valence-electron chi connectivity index (χ1n) is 6.09. The van der Waals surface area contributed by atoms with Gasteiger partial charge in [0.1, 0.15) is 0 Å². The number of rotatable bonds is 5. The Bertz CT molecular complexity index is 615. The summed E-state index contributed by atoms with van der Waals surface area (Å²) in [6, 6.07) is 11.2. The third-order valence-corrected chi connectivity index (χ3v) is 2.85. The van der Waals surface area contributed by atoms with Crippen molar-refractivity contribution >= 4 is 11.5 Å². The van der Waals surface area contributed by atoms with E-state index in [1.165, 1.54) is 7.11 Å². The van der Waals surface area contributed by atoms with Gasteiger partial charge in [0, 0.05) is 18.2 Å². The van der Waals surface area contributed by atoms with Crippen molar-refractivity contribution in [3.8, 4) is 5.88 Å². The highest BCUT2D eigenvalue weighted by molar-refractivity contribution is 5.61. The normalized spacial score (nSPS) is 10.1. The van der Waals surface area contributed by atoms with Crippen LogP contribution in [0.2, 0.25) is 0 Å². The fourth-order valence-electron chi connectivity index (χ4n) is 1.88. The summed E-state index contributed by atoms with van der Waals surface area (Å²) in [6.45, 7) is 2.12. The SMILES string of the molecule is COc1cc(C)c([N+](=O)[O-])c(NCc2ccccc2)n1. The van der Waals surface area contributed by atoms with E-state index < -0.39 is 4.92 Å². The largest absolute Gasteiger partial charge is 0.481 e. The van der Waals surface area contributed by atoms with Crippen molar-refractivity contribution in [3.05, 3.63) is 57.6 Å². The Morgan fingerprint density at radius 1 is 1.35 bits per heavy atom. The minimum atomic E-state index is -0.435. The maximum Gasteiger partial charge on any atom is 0.314 e. The molecular weight excluding hydrogens is 258 g/mol. The minimum absolute atomic E-state index is 0.0262. The summed E-state index contributed by atoms with van der Waals surface area (Å²) in [6.07, 6.45) is 0. The maximum atomic E-state index is 11.1. The van der Waals surface area contributed by atoms with Crippen LogP contribution in [-0.2, 0) is 6.54 Å². The Morgan fingerprint density at radius 3 is 2.65 bits per heavy atom. The lowest BCUT2D eigenvalue weighted by atomic mass is 10.2. The molecule has 0 bridgehead atoms. The highest BCUT2D eigenvalue weighted by Gasteiger charge is 2.20. The first-order valence-corrected chi connectivity index (χ1v) is 6.09. The molecular formula is C14H15N3O3. The van der Waals surface area contributed by atoms with Crippen LogP contribution in [0.3, 0.4) is 0 Å². The molecule has 0 saturated heterocycles. The van der Waals surface area contributed by atoms with Gasteiger partial charge in [-0.05, 0) is 12.5 Å². The number of nitro groups is 1. The standard InChI is InChI=1S/C14H15N3O3/c1-10-8-12(20-2)16-14(13(10)17(18)19)15-9-11-6-4-3-5-7-11/h3-8H,9H2,1-2H3,(H,15,16). The van der Waals surface area contributed by atoms with Crippen molar-refractivity contribution in [1.29, 1.82) is 0 Å².